The molecule has 2 aromatic heterocycles. The molecule has 7 nitrogen and oxygen atoms in total. The molecule has 3 aromatic rings. The van der Waals surface area contributed by atoms with Gasteiger partial charge in [-0.25, -0.2) is 20.1 Å². The maximum atomic E-state index is 12.7. The second-order valence-corrected chi connectivity index (χ2v) is 8.63. The number of aromatic amines is 1. The first-order chi connectivity index (χ1) is 17.2. The Morgan fingerprint density at radius 3 is 2.72 bits per heavy atom. The number of carbonyl (C=O) groups is 1. The van der Waals surface area contributed by atoms with Gasteiger partial charge in [-0.15, -0.1) is 0 Å². The second kappa shape index (κ2) is 10.6. The Morgan fingerprint density at radius 1 is 1.28 bits per heavy atom. The molecule has 4 rings (SSSR count). The minimum Gasteiger partial charge on any atom is -0.371 e. The number of aromatic nitrogens is 3. The van der Waals surface area contributed by atoms with Gasteiger partial charge in [0.05, 0.1) is 23.0 Å². The van der Waals surface area contributed by atoms with Gasteiger partial charge < -0.3 is 9.67 Å². The van der Waals surface area contributed by atoms with E-state index in [-0.39, 0.29) is 18.8 Å². The number of para-hydroxylation sites is 2. The molecule has 1 aliphatic carbocycles. The fraction of sp³-hybridized carbons (Fsp3) is 0.346. The standard InChI is InChI=1S/C26H28F3N5O2/c1-3-7-18-17(4-2)19(18)15-34-21-9-6-5-8-20(21)32-24(34)25(36)30-13-12-23(35)33-22-11-10-16(14-31-22)26(27,28)29/h3,5-11,14,17,25,30,36H,4,12-13,15H2,1-2H3,(H,31,33,35)/p+1/b7-3-/t17-,25+/m1/s1. The summed E-state index contributed by atoms with van der Waals surface area (Å²) >= 11 is 0. The minimum absolute atomic E-state index is 0.000650. The van der Waals surface area contributed by atoms with E-state index in [1.54, 1.807) is 0 Å². The maximum absolute atomic E-state index is 12.7. The first-order valence-corrected chi connectivity index (χ1v) is 11.8. The second-order valence-electron chi connectivity index (χ2n) is 8.63. The summed E-state index contributed by atoms with van der Waals surface area (Å²) in [7, 11) is 0. The van der Waals surface area contributed by atoms with E-state index in [9.17, 15) is 23.1 Å². The van der Waals surface area contributed by atoms with Crippen LogP contribution in [0.25, 0.3) is 11.0 Å². The van der Waals surface area contributed by atoms with Gasteiger partial charge in [-0.05, 0) is 42.7 Å². The van der Waals surface area contributed by atoms with E-state index in [0.717, 1.165) is 35.8 Å². The number of anilines is 1. The van der Waals surface area contributed by atoms with Crippen molar-refractivity contribution in [1.82, 2.24) is 14.9 Å². The Kier molecular flexibility index (Phi) is 7.56. The fourth-order valence-electron chi connectivity index (χ4n) is 4.36. The third-order valence-electron chi connectivity index (χ3n) is 6.20. The average molecular weight is 501 g/mol. The van der Waals surface area contributed by atoms with Crippen molar-refractivity contribution in [1.29, 1.82) is 0 Å². The van der Waals surface area contributed by atoms with Gasteiger partial charge in [-0.3, -0.25) is 5.32 Å². The number of aliphatic hydroxyl groups is 1. The van der Waals surface area contributed by atoms with Crippen molar-refractivity contribution in [2.24, 2.45) is 5.92 Å². The molecule has 0 bridgehead atoms. The van der Waals surface area contributed by atoms with Gasteiger partial charge in [0.25, 0.3) is 5.82 Å². The molecule has 0 spiro atoms. The molecule has 1 aliphatic rings. The van der Waals surface area contributed by atoms with Crippen LogP contribution in [0.1, 0.15) is 44.3 Å². The highest BCUT2D eigenvalue weighted by Crippen LogP contribution is 2.44. The van der Waals surface area contributed by atoms with E-state index in [0.29, 0.717) is 18.3 Å². The highest BCUT2D eigenvalue weighted by molar-refractivity contribution is 5.89. The molecular formula is C26H29F3N5O2+. The Bertz CT molecular complexity index is 1300. The molecule has 36 heavy (non-hydrogen) atoms. The number of aliphatic hydroxyl groups excluding tert-OH is 1. The molecule has 0 fully saturated rings. The Labute approximate surface area is 206 Å². The third-order valence-corrected chi connectivity index (χ3v) is 6.20. The summed E-state index contributed by atoms with van der Waals surface area (Å²) in [6, 6.07) is 9.72. The molecule has 10 heteroatoms. The molecule has 1 aromatic carbocycles. The van der Waals surface area contributed by atoms with Crippen LogP contribution in [0.5, 0.6) is 0 Å². The van der Waals surface area contributed by atoms with Crippen LogP contribution >= 0.6 is 0 Å². The number of imidazole rings is 1. The van der Waals surface area contributed by atoms with Crippen LogP contribution in [0, 0.1) is 5.92 Å². The molecule has 0 radical (unpaired) electrons. The lowest BCUT2D eigenvalue weighted by Gasteiger charge is -2.14. The number of hydrogen-bond donors (Lipinski definition) is 3. The van der Waals surface area contributed by atoms with E-state index in [2.05, 4.69) is 33.6 Å². The lowest BCUT2D eigenvalue weighted by atomic mass is 10.2. The highest BCUT2D eigenvalue weighted by atomic mass is 19.4. The van der Waals surface area contributed by atoms with Crippen molar-refractivity contribution in [3.05, 3.63) is 77.3 Å². The summed E-state index contributed by atoms with van der Waals surface area (Å²) in [5.74, 6) is 0.632. The van der Waals surface area contributed by atoms with Gasteiger partial charge in [0, 0.05) is 25.1 Å². The summed E-state index contributed by atoms with van der Waals surface area (Å²) in [5, 5.41) is 16.3. The monoisotopic (exact) mass is 500 g/mol. The number of H-pyrrole nitrogens is 1. The Morgan fingerprint density at radius 2 is 2.06 bits per heavy atom. The first kappa shape index (κ1) is 25.6. The molecule has 190 valence electrons. The number of carbonyl (C=O) groups excluding carboxylic acids is 1. The first-order valence-electron chi connectivity index (χ1n) is 11.8. The van der Waals surface area contributed by atoms with Gasteiger partial charge in [0.2, 0.25) is 0 Å². The molecule has 0 saturated carbocycles. The van der Waals surface area contributed by atoms with Crippen LogP contribution in [-0.2, 0) is 17.5 Å². The number of benzene rings is 1. The fourth-order valence-corrected chi connectivity index (χ4v) is 4.36. The highest BCUT2D eigenvalue weighted by Gasteiger charge is 2.34. The average Bonchev–Trinajstić information content (AvgIpc) is 3.37. The number of allylic oxidation sites excluding steroid dienone is 4. The largest absolute Gasteiger partial charge is 0.419 e. The van der Waals surface area contributed by atoms with Gasteiger partial charge in [-0.2, -0.15) is 13.2 Å². The zero-order chi connectivity index (χ0) is 25.9. The maximum Gasteiger partial charge on any atom is 0.419 e. The third kappa shape index (κ3) is 5.66. The molecule has 2 atom stereocenters. The number of pyridine rings is 1. The zero-order valence-corrected chi connectivity index (χ0v) is 20.1. The molecule has 2 heterocycles. The predicted octanol–water partition coefficient (Wildman–Crippen LogP) is 4.39. The van der Waals surface area contributed by atoms with Gasteiger partial charge >= 0.3 is 12.1 Å². The molecule has 4 N–H and O–H groups in total. The van der Waals surface area contributed by atoms with E-state index in [4.69, 9.17) is 0 Å². The van der Waals surface area contributed by atoms with Crippen LogP contribution in [0.3, 0.4) is 0 Å². The summed E-state index contributed by atoms with van der Waals surface area (Å²) in [5.41, 5.74) is 3.49. The molecule has 1 amide bonds. The Hall–Kier alpha value is -3.50. The lowest BCUT2D eigenvalue weighted by Crippen LogP contribution is -2.29. The topological polar surface area (TPSA) is 93.3 Å². The number of fused-ring (bicyclic) bond motifs is 1. The summed E-state index contributed by atoms with van der Waals surface area (Å²) in [6.07, 6.45) is 0.405. The van der Waals surface area contributed by atoms with E-state index in [1.165, 1.54) is 11.1 Å². The van der Waals surface area contributed by atoms with Crippen molar-refractivity contribution in [3.63, 3.8) is 0 Å². The summed E-state index contributed by atoms with van der Waals surface area (Å²) in [6.45, 7) is 4.91. The van der Waals surface area contributed by atoms with Gasteiger partial charge in [0.1, 0.15) is 6.20 Å². The van der Waals surface area contributed by atoms with Crippen molar-refractivity contribution in [3.8, 4) is 0 Å². The molecule has 0 aliphatic heterocycles. The normalized spacial score (nSPS) is 16.7. The van der Waals surface area contributed by atoms with Crippen molar-refractivity contribution in [2.75, 3.05) is 11.9 Å². The zero-order valence-electron chi connectivity index (χ0n) is 20.1. The van der Waals surface area contributed by atoms with Crippen LogP contribution in [0.2, 0.25) is 0 Å². The van der Waals surface area contributed by atoms with Gasteiger partial charge in [-0.1, -0.05) is 31.2 Å². The quantitative estimate of drug-likeness (QED) is 0.360. The van der Waals surface area contributed by atoms with Crippen molar-refractivity contribution in [2.45, 2.75) is 45.6 Å². The summed E-state index contributed by atoms with van der Waals surface area (Å²) in [4.78, 5) is 19.3. The predicted molar refractivity (Wildman–Crippen MR) is 130 cm³/mol. The number of amides is 1. The van der Waals surface area contributed by atoms with Crippen LogP contribution in [0.4, 0.5) is 19.0 Å². The van der Waals surface area contributed by atoms with Gasteiger partial charge in [0.15, 0.2) is 12.1 Å². The van der Waals surface area contributed by atoms with Crippen LogP contribution in [-0.4, -0.2) is 27.1 Å². The van der Waals surface area contributed by atoms with E-state index >= 15 is 0 Å². The number of alkyl halides is 3. The minimum atomic E-state index is -4.46. The molecule has 0 saturated heterocycles. The number of halogens is 3. The van der Waals surface area contributed by atoms with Crippen LogP contribution < -0.4 is 15.6 Å². The molecular weight excluding hydrogens is 471 g/mol. The number of nitrogens with one attached hydrogen (secondary N) is 3. The molecule has 0 unspecified atom stereocenters. The number of hydrogen-bond acceptors (Lipinski definition) is 4. The van der Waals surface area contributed by atoms with E-state index < -0.39 is 23.9 Å². The SMILES string of the molecule is C/C=C\C1=C(Cn2c([C@H](O)NCCC(=O)Nc3ccc(C(F)(F)F)c[nH+]3)nc3ccccc32)[C@@H]1CC. The lowest BCUT2D eigenvalue weighted by molar-refractivity contribution is -0.364. The smallest absolute Gasteiger partial charge is 0.371 e. The van der Waals surface area contributed by atoms with Crippen LogP contribution in [0.15, 0.2) is 65.9 Å². The van der Waals surface area contributed by atoms with Crippen molar-refractivity contribution < 1.29 is 28.1 Å². The summed E-state index contributed by atoms with van der Waals surface area (Å²) < 4.78 is 40.0. The van der Waals surface area contributed by atoms with E-state index in [1.807, 2.05) is 41.8 Å². The number of rotatable bonds is 10. The Balaban J connectivity index is 1.39. The van der Waals surface area contributed by atoms with Crippen molar-refractivity contribution >= 4 is 22.8 Å². The number of nitrogens with zero attached hydrogens (tertiary/aromatic N) is 2.